The summed E-state index contributed by atoms with van der Waals surface area (Å²) in [6.45, 7) is 12.1. The lowest BCUT2D eigenvalue weighted by Crippen LogP contribution is -2.09. The van der Waals surface area contributed by atoms with Crippen molar-refractivity contribution < 1.29 is 4.39 Å². The van der Waals surface area contributed by atoms with Crippen molar-refractivity contribution in [3.8, 4) is 21.8 Å². The highest BCUT2D eigenvalue weighted by atomic mass is 32.1. The average molecular weight is 495 g/mol. The summed E-state index contributed by atoms with van der Waals surface area (Å²) in [5.74, 6) is 0. The smallest absolute Gasteiger partial charge is 0.176 e. The van der Waals surface area contributed by atoms with Gasteiger partial charge in [-0.15, -0.1) is 11.3 Å². The van der Waals surface area contributed by atoms with Crippen molar-refractivity contribution in [2.24, 2.45) is 0 Å². The van der Waals surface area contributed by atoms with Gasteiger partial charge in [0.05, 0.1) is 11.2 Å². The van der Waals surface area contributed by atoms with Crippen LogP contribution in [0, 0.1) is 5.13 Å². The minimum atomic E-state index is -0.189. The van der Waals surface area contributed by atoms with Gasteiger partial charge in [-0.3, -0.25) is 5.10 Å². The van der Waals surface area contributed by atoms with E-state index in [1.165, 1.54) is 6.07 Å². The van der Waals surface area contributed by atoms with Crippen molar-refractivity contribution in [3.05, 3.63) is 108 Å². The lowest BCUT2D eigenvalue weighted by molar-refractivity contribution is 0.657. The molecule has 3 heterocycles. The molecule has 5 rings (SSSR count). The first-order chi connectivity index (χ1) is 17.5. The maximum atomic E-state index is 13.7. The fourth-order valence-electron chi connectivity index (χ4n) is 4.29. The molecular formula is C30H27FN4S. The van der Waals surface area contributed by atoms with Crippen LogP contribution in [0.2, 0.25) is 0 Å². The van der Waals surface area contributed by atoms with Crippen LogP contribution < -0.4 is 5.32 Å². The average Bonchev–Trinajstić information content (AvgIpc) is 3.63. The highest BCUT2D eigenvalue weighted by Crippen LogP contribution is 2.37. The Kier molecular flexibility index (Phi) is 6.44. The Morgan fingerprint density at radius 1 is 1.11 bits per heavy atom. The van der Waals surface area contributed by atoms with Crippen LogP contribution in [-0.4, -0.2) is 15.2 Å². The van der Waals surface area contributed by atoms with Crippen molar-refractivity contribution in [1.82, 2.24) is 20.5 Å². The van der Waals surface area contributed by atoms with Gasteiger partial charge < -0.3 is 10.3 Å². The monoisotopic (exact) mass is 494 g/mol. The largest absolute Gasteiger partial charge is 0.359 e. The van der Waals surface area contributed by atoms with E-state index in [0.29, 0.717) is 0 Å². The third-order valence-electron chi connectivity index (χ3n) is 6.24. The quantitative estimate of drug-likeness (QED) is 0.189. The maximum Gasteiger partial charge on any atom is 0.176 e. The number of nitrogens with zero attached hydrogens (tertiary/aromatic N) is 1. The van der Waals surface area contributed by atoms with E-state index in [0.717, 1.165) is 83.9 Å². The van der Waals surface area contributed by atoms with E-state index >= 15 is 0 Å². The molecule has 5 aromatic rings. The van der Waals surface area contributed by atoms with Crippen molar-refractivity contribution in [2.75, 3.05) is 0 Å². The van der Waals surface area contributed by atoms with E-state index in [2.05, 4.69) is 70.9 Å². The summed E-state index contributed by atoms with van der Waals surface area (Å²) in [5.41, 5.74) is 8.66. The highest BCUT2D eigenvalue weighted by molar-refractivity contribution is 7.14. The Morgan fingerprint density at radius 3 is 2.69 bits per heavy atom. The topological polar surface area (TPSA) is 56.5 Å². The van der Waals surface area contributed by atoms with Crippen molar-refractivity contribution in [2.45, 2.75) is 20.3 Å². The number of halogens is 1. The van der Waals surface area contributed by atoms with Crippen LogP contribution in [0.3, 0.4) is 0 Å². The van der Waals surface area contributed by atoms with Gasteiger partial charge in [-0.25, -0.2) is 0 Å². The summed E-state index contributed by atoms with van der Waals surface area (Å²) in [6.07, 6.45) is 6.79. The zero-order chi connectivity index (χ0) is 25.2. The van der Waals surface area contributed by atoms with Crippen LogP contribution in [0.25, 0.3) is 49.2 Å². The number of nitrogens with one attached hydrogen (secondary N) is 3. The Morgan fingerprint density at radius 2 is 1.97 bits per heavy atom. The molecule has 0 unspecified atom stereocenters. The summed E-state index contributed by atoms with van der Waals surface area (Å²) in [6, 6.07) is 17.7. The number of hydrogen-bond acceptors (Lipinski definition) is 3. The van der Waals surface area contributed by atoms with Gasteiger partial charge in [0, 0.05) is 38.1 Å². The zero-order valence-electron chi connectivity index (χ0n) is 20.3. The van der Waals surface area contributed by atoms with Gasteiger partial charge in [-0.1, -0.05) is 44.4 Å². The van der Waals surface area contributed by atoms with Crippen LogP contribution >= 0.6 is 11.3 Å². The van der Waals surface area contributed by atoms with Gasteiger partial charge in [0.25, 0.3) is 0 Å². The summed E-state index contributed by atoms with van der Waals surface area (Å²) >= 11 is 1.15. The third-order valence-corrected chi connectivity index (χ3v) is 7.15. The minimum absolute atomic E-state index is 0.189. The zero-order valence-corrected chi connectivity index (χ0v) is 21.1. The maximum absolute atomic E-state index is 13.7. The first-order valence-electron chi connectivity index (χ1n) is 11.8. The molecule has 36 heavy (non-hydrogen) atoms. The van der Waals surface area contributed by atoms with E-state index in [1.54, 1.807) is 6.08 Å². The molecule has 0 aliphatic heterocycles. The minimum Gasteiger partial charge on any atom is -0.359 e. The molecule has 0 fully saturated rings. The first kappa shape index (κ1) is 23.6. The lowest BCUT2D eigenvalue weighted by atomic mass is 10.0. The Bertz CT molecular complexity index is 1660. The third kappa shape index (κ3) is 4.43. The molecular weight excluding hydrogens is 467 g/mol. The molecule has 0 atom stereocenters. The number of rotatable bonds is 8. The number of hydrogen-bond donors (Lipinski definition) is 3. The molecule has 180 valence electrons. The van der Waals surface area contributed by atoms with Gasteiger partial charge in [0.15, 0.2) is 5.13 Å². The van der Waals surface area contributed by atoms with Gasteiger partial charge >= 0.3 is 0 Å². The molecule has 0 saturated heterocycles. The molecule has 4 nitrogen and oxygen atoms in total. The van der Waals surface area contributed by atoms with Crippen molar-refractivity contribution >= 4 is 38.7 Å². The second-order valence-electron chi connectivity index (χ2n) is 8.52. The number of H-pyrrole nitrogens is 2. The van der Waals surface area contributed by atoms with Crippen LogP contribution in [0.5, 0.6) is 0 Å². The van der Waals surface area contributed by atoms with Crippen LogP contribution in [0.15, 0.2) is 97.4 Å². The molecule has 0 spiro atoms. The summed E-state index contributed by atoms with van der Waals surface area (Å²) in [7, 11) is 0. The van der Waals surface area contributed by atoms with E-state index < -0.39 is 0 Å². The van der Waals surface area contributed by atoms with E-state index in [-0.39, 0.29) is 5.13 Å². The first-order valence-corrected chi connectivity index (χ1v) is 12.6. The van der Waals surface area contributed by atoms with Crippen LogP contribution in [-0.2, 0) is 0 Å². The van der Waals surface area contributed by atoms with Gasteiger partial charge in [0.2, 0.25) is 0 Å². The second kappa shape index (κ2) is 9.84. The van der Waals surface area contributed by atoms with Crippen molar-refractivity contribution in [3.63, 3.8) is 0 Å². The molecule has 0 aliphatic rings. The summed E-state index contributed by atoms with van der Waals surface area (Å²) in [4.78, 5) is 4.41. The Labute approximate surface area is 213 Å². The summed E-state index contributed by atoms with van der Waals surface area (Å²) in [5, 5.41) is 13.0. The van der Waals surface area contributed by atoms with E-state index in [4.69, 9.17) is 0 Å². The number of thiophene rings is 1. The van der Waals surface area contributed by atoms with E-state index in [9.17, 15) is 4.39 Å². The predicted octanol–water partition coefficient (Wildman–Crippen LogP) is 8.57. The Balaban J connectivity index is 1.57. The van der Waals surface area contributed by atoms with Gasteiger partial charge in [-0.2, -0.15) is 9.49 Å². The molecule has 0 aliphatic carbocycles. The molecule has 0 saturated carbocycles. The second-order valence-corrected chi connectivity index (χ2v) is 9.55. The predicted molar refractivity (Wildman–Crippen MR) is 151 cm³/mol. The SMILES string of the molecule is C=C/C(=C\C(=C/C)c1ccc2[nH]nc(-c3cc4c(-c5ccc(F)s5)cccc4[nH]3)c2c1)NC(=C)CC. The number of benzene rings is 2. The highest BCUT2D eigenvalue weighted by Gasteiger charge is 2.15. The fourth-order valence-corrected chi connectivity index (χ4v) is 5.07. The molecule has 3 aromatic heterocycles. The van der Waals surface area contributed by atoms with E-state index in [1.807, 2.05) is 37.3 Å². The molecule has 0 radical (unpaired) electrons. The summed E-state index contributed by atoms with van der Waals surface area (Å²) < 4.78 is 13.7. The molecule has 0 amide bonds. The Hall–Kier alpha value is -4.16. The lowest BCUT2D eigenvalue weighted by Gasteiger charge is -2.10. The molecule has 3 N–H and O–H groups in total. The normalized spacial score (nSPS) is 12.4. The van der Waals surface area contributed by atoms with Crippen LogP contribution in [0.4, 0.5) is 4.39 Å². The molecule has 6 heteroatoms. The van der Waals surface area contributed by atoms with Gasteiger partial charge in [0.1, 0.15) is 5.69 Å². The van der Waals surface area contributed by atoms with Crippen LogP contribution in [0.1, 0.15) is 25.8 Å². The molecule has 2 aromatic carbocycles. The number of fused-ring (bicyclic) bond motifs is 2. The standard InChI is InChI=1S/C30H27FN4S/c1-5-18(4)32-21(7-3)15-19(6-2)20-11-12-26-24(16-20)30(35-34-26)27-17-23-22(9-8-10-25(23)33-27)28-13-14-29(31)36-28/h6-17,32-33H,3-5H2,1-2H3,(H,34,35)/b19-6+,21-15+. The fraction of sp³-hybridized carbons (Fsp3) is 0.100. The number of aromatic nitrogens is 3. The van der Waals surface area contributed by atoms with Crippen molar-refractivity contribution in [1.29, 1.82) is 0 Å². The number of allylic oxidation sites excluding steroid dienone is 5. The van der Waals surface area contributed by atoms with Gasteiger partial charge in [-0.05, 0) is 73.0 Å². The number of aromatic amines is 2. The molecule has 0 bridgehead atoms.